The Kier molecular flexibility index (Phi) is 6.92. The minimum atomic E-state index is -0.706. The van der Waals surface area contributed by atoms with E-state index >= 15 is 0 Å². The summed E-state index contributed by atoms with van der Waals surface area (Å²) in [4.78, 5) is 31.4. The number of nitrogens with one attached hydrogen (secondary N) is 3. The predicted molar refractivity (Wildman–Crippen MR) is 136 cm³/mol. The highest BCUT2D eigenvalue weighted by molar-refractivity contribution is 5.87. The van der Waals surface area contributed by atoms with Crippen molar-refractivity contribution in [3.8, 4) is 11.8 Å². The Balaban J connectivity index is 1.38. The fourth-order valence-corrected chi connectivity index (χ4v) is 5.65. The van der Waals surface area contributed by atoms with Crippen LogP contribution in [0.2, 0.25) is 0 Å². The summed E-state index contributed by atoms with van der Waals surface area (Å²) >= 11 is 0. The van der Waals surface area contributed by atoms with E-state index in [1.165, 1.54) is 0 Å². The van der Waals surface area contributed by atoms with Crippen molar-refractivity contribution in [2.75, 3.05) is 20.2 Å². The first-order chi connectivity index (χ1) is 17.6. The van der Waals surface area contributed by atoms with Crippen LogP contribution >= 0.6 is 0 Å². The Hall–Kier alpha value is -3.83. The van der Waals surface area contributed by atoms with Gasteiger partial charge in [-0.25, -0.2) is 0 Å². The molecule has 0 unspecified atom stereocenters. The Morgan fingerprint density at radius 3 is 2.78 bits per heavy atom. The van der Waals surface area contributed by atoms with Crippen LogP contribution in [0.15, 0.2) is 54.6 Å². The quantitative estimate of drug-likeness (QED) is 0.454. The predicted octanol–water partition coefficient (Wildman–Crippen LogP) is 3.07. The van der Waals surface area contributed by atoms with Crippen molar-refractivity contribution >= 4 is 22.7 Å². The highest BCUT2D eigenvalue weighted by Crippen LogP contribution is 2.35. The van der Waals surface area contributed by atoms with E-state index in [0.29, 0.717) is 25.9 Å². The molecule has 0 radical (unpaired) electrons. The average molecular weight is 486 g/mol. The smallest absolute Gasteiger partial charge is 0.239 e. The molecular formula is C28H31N5O3. The zero-order valence-corrected chi connectivity index (χ0v) is 20.4. The van der Waals surface area contributed by atoms with Gasteiger partial charge in [-0.15, -0.1) is 0 Å². The molecule has 4 atom stereocenters. The van der Waals surface area contributed by atoms with Crippen LogP contribution in [0, 0.1) is 17.2 Å². The molecular weight excluding hydrogens is 454 g/mol. The van der Waals surface area contributed by atoms with E-state index in [1.807, 2.05) is 36.4 Å². The summed E-state index contributed by atoms with van der Waals surface area (Å²) in [6.45, 7) is 1.95. The summed E-state index contributed by atoms with van der Waals surface area (Å²) < 4.78 is 5.51. The summed E-state index contributed by atoms with van der Waals surface area (Å²) in [6, 6.07) is 19.1. The van der Waals surface area contributed by atoms with Crippen molar-refractivity contribution in [3.05, 3.63) is 65.9 Å². The van der Waals surface area contributed by atoms with Crippen molar-refractivity contribution in [2.45, 2.75) is 43.8 Å². The zero-order valence-electron chi connectivity index (χ0n) is 20.4. The van der Waals surface area contributed by atoms with Gasteiger partial charge in [0.25, 0.3) is 0 Å². The van der Waals surface area contributed by atoms with Crippen LogP contribution in [-0.4, -0.2) is 54.0 Å². The van der Waals surface area contributed by atoms with Gasteiger partial charge in [-0.1, -0.05) is 36.4 Å². The topological polar surface area (TPSA) is 110 Å². The van der Waals surface area contributed by atoms with Gasteiger partial charge in [0, 0.05) is 48.1 Å². The van der Waals surface area contributed by atoms with E-state index in [4.69, 9.17) is 4.74 Å². The first kappa shape index (κ1) is 23.9. The lowest BCUT2D eigenvalue weighted by atomic mass is 9.90. The number of carbonyl (C=O) groups excluding carboxylic acids is 2. The van der Waals surface area contributed by atoms with Crippen LogP contribution in [0.5, 0.6) is 5.75 Å². The molecule has 5 rings (SSSR count). The van der Waals surface area contributed by atoms with Gasteiger partial charge in [-0.2, -0.15) is 5.26 Å². The maximum absolute atomic E-state index is 13.7. The second kappa shape index (κ2) is 10.4. The molecule has 3 N–H and O–H groups in total. The van der Waals surface area contributed by atoms with Crippen molar-refractivity contribution in [1.29, 1.82) is 5.26 Å². The monoisotopic (exact) mass is 485 g/mol. The van der Waals surface area contributed by atoms with Crippen molar-refractivity contribution < 1.29 is 14.3 Å². The molecule has 3 heterocycles. The largest absolute Gasteiger partial charge is 0.496 e. The van der Waals surface area contributed by atoms with Crippen molar-refractivity contribution in [2.24, 2.45) is 5.92 Å². The fraction of sp³-hybridized carbons (Fsp3) is 0.393. The summed E-state index contributed by atoms with van der Waals surface area (Å²) in [7, 11) is 1.66. The number of methoxy groups -OCH3 is 1. The second-order valence-corrected chi connectivity index (χ2v) is 9.64. The van der Waals surface area contributed by atoms with Crippen LogP contribution in [0.25, 0.3) is 10.9 Å². The zero-order chi connectivity index (χ0) is 25.1. The number of fused-ring (bicyclic) bond motifs is 1. The molecule has 3 aromatic rings. The molecule has 0 bridgehead atoms. The number of ether oxygens (including phenoxy) is 1. The minimum Gasteiger partial charge on any atom is -0.496 e. The number of H-pyrrole nitrogens is 1. The summed E-state index contributed by atoms with van der Waals surface area (Å²) in [5.41, 5.74) is 3.10. The van der Waals surface area contributed by atoms with Gasteiger partial charge < -0.3 is 20.4 Å². The molecule has 2 aromatic carbocycles. The third-order valence-corrected chi connectivity index (χ3v) is 7.43. The first-order valence-electron chi connectivity index (χ1n) is 12.5. The minimum absolute atomic E-state index is 0.0132. The average Bonchev–Trinajstić information content (AvgIpc) is 3.62. The molecule has 8 heteroatoms. The molecule has 1 aromatic heterocycles. The summed E-state index contributed by atoms with van der Waals surface area (Å²) in [5.74, 6) is 0.379. The molecule has 186 valence electrons. The van der Waals surface area contributed by atoms with Gasteiger partial charge in [0.2, 0.25) is 11.8 Å². The molecule has 0 aliphatic carbocycles. The molecule has 2 aliphatic heterocycles. The van der Waals surface area contributed by atoms with Crippen molar-refractivity contribution in [1.82, 2.24) is 20.5 Å². The van der Waals surface area contributed by atoms with E-state index in [1.54, 1.807) is 7.11 Å². The lowest BCUT2D eigenvalue weighted by Crippen LogP contribution is -2.49. The summed E-state index contributed by atoms with van der Waals surface area (Å²) in [6.07, 6.45) is 1.87. The molecule has 0 spiro atoms. The third kappa shape index (κ3) is 4.79. The molecule has 2 saturated heterocycles. The summed E-state index contributed by atoms with van der Waals surface area (Å²) in [5, 5.41) is 16.5. The molecule has 2 fully saturated rings. The van der Waals surface area contributed by atoms with Gasteiger partial charge in [-0.05, 0) is 43.0 Å². The van der Waals surface area contributed by atoms with Crippen LogP contribution in [0.1, 0.15) is 36.4 Å². The van der Waals surface area contributed by atoms with E-state index < -0.39 is 12.1 Å². The molecule has 8 nitrogen and oxygen atoms in total. The Bertz CT molecular complexity index is 1280. The Morgan fingerprint density at radius 1 is 1.22 bits per heavy atom. The van der Waals surface area contributed by atoms with Crippen LogP contribution in [-0.2, 0) is 16.1 Å². The number of hydrogen-bond acceptors (Lipinski definition) is 5. The number of nitrogens with zero attached hydrogens (tertiary/aromatic N) is 2. The van der Waals surface area contributed by atoms with Crippen LogP contribution < -0.4 is 15.4 Å². The number of likely N-dealkylation sites (tertiary alicyclic amines) is 1. The number of benzene rings is 2. The normalized spacial score (nSPS) is 22.8. The van der Waals surface area contributed by atoms with E-state index in [0.717, 1.165) is 40.9 Å². The second-order valence-electron chi connectivity index (χ2n) is 9.64. The highest BCUT2D eigenvalue weighted by Gasteiger charge is 2.41. The van der Waals surface area contributed by atoms with Crippen molar-refractivity contribution in [3.63, 3.8) is 0 Å². The fourth-order valence-electron chi connectivity index (χ4n) is 5.65. The number of aromatic nitrogens is 1. The Morgan fingerprint density at radius 2 is 2.06 bits per heavy atom. The van der Waals surface area contributed by atoms with Gasteiger partial charge in [0.05, 0.1) is 19.2 Å². The van der Waals surface area contributed by atoms with E-state index in [2.05, 4.69) is 44.8 Å². The highest BCUT2D eigenvalue weighted by atomic mass is 16.5. The molecule has 2 aliphatic rings. The van der Waals surface area contributed by atoms with E-state index in [-0.39, 0.29) is 23.7 Å². The number of hydrogen-bond donors (Lipinski definition) is 3. The van der Waals surface area contributed by atoms with Crippen LogP contribution in [0.3, 0.4) is 0 Å². The standard InChI is InChI=1S/C28H31N5O3/c1-36-25-9-5-8-24-23(25)15-21(31-24)17-33-13-11-22(18-6-3-2-4-7-18)26(33)28(35)32-20(16-29)14-19-10-12-30-27(19)34/h2-9,15,19-20,22,26,31H,10-14,17H2,1H3,(H,30,34)(H,32,35)/t19-,20-,22+,26-/m0/s1. The van der Waals surface area contributed by atoms with Gasteiger partial charge >= 0.3 is 0 Å². The molecule has 36 heavy (non-hydrogen) atoms. The number of rotatable bonds is 8. The lowest BCUT2D eigenvalue weighted by Gasteiger charge is -2.28. The molecule has 0 saturated carbocycles. The first-order valence-corrected chi connectivity index (χ1v) is 12.5. The number of aromatic amines is 1. The maximum atomic E-state index is 13.7. The SMILES string of the molecule is COc1cccc2[nH]c(CN3CC[C@H](c4ccccc4)[C@H]3C(=O)N[C@H](C#N)C[C@@H]3CCNC3=O)cc12. The van der Waals surface area contributed by atoms with Gasteiger partial charge in [0.1, 0.15) is 11.8 Å². The van der Waals surface area contributed by atoms with E-state index in [9.17, 15) is 14.9 Å². The Labute approximate surface area is 210 Å². The maximum Gasteiger partial charge on any atom is 0.239 e. The van der Waals surface area contributed by atoms with Gasteiger partial charge in [-0.3, -0.25) is 14.5 Å². The number of nitriles is 1. The van der Waals surface area contributed by atoms with Crippen LogP contribution in [0.4, 0.5) is 0 Å². The molecule has 2 amide bonds. The number of amides is 2. The number of carbonyl (C=O) groups is 2. The van der Waals surface area contributed by atoms with Gasteiger partial charge in [0.15, 0.2) is 0 Å². The lowest BCUT2D eigenvalue weighted by molar-refractivity contribution is -0.127. The third-order valence-electron chi connectivity index (χ3n) is 7.43.